The van der Waals surface area contributed by atoms with E-state index in [0.29, 0.717) is 19.5 Å². The Morgan fingerprint density at radius 3 is 2.39 bits per heavy atom. The van der Waals surface area contributed by atoms with Crippen LogP contribution in [0.1, 0.15) is 36.8 Å². The average Bonchev–Trinajstić information content (AvgIpc) is 2.69. The van der Waals surface area contributed by atoms with Gasteiger partial charge in [-0.3, -0.25) is 4.79 Å². The molecule has 0 saturated carbocycles. The van der Waals surface area contributed by atoms with Crippen molar-refractivity contribution in [2.75, 3.05) is 18.4 Å². The van der Waals surface area contributed by atoms with Gasteiger partial charge in [-0.15, -0.1) is 0 Å². The molecular formula is C21H25FN2O3S. The minimum absolute atomic E-state index is 0.165. The minimum atomic E-state index is -3.45. The second kappa shape index (κ2) is 8.84. The highest BCUT2D eigenvalue weighted by molar-refractivity contribution is 7.89. The molecule has 1 saturated heterocycles. The lowest BCUT2D eigenvalue weighted by atomic mass is 10.1. The Labute approximate surface area is 165 Å². The molecule has 150 valence electrons. The Bertz CT molecular complexity index is 937. The van der Waals surface area contributed by atoms with E-state index in [-0.39, 0.29) is 22.9 Å². The number of sulfonamides is 1. The summed E-state index contributed by atoms with van der Waals surface area (Å²) in [7, 11) is -3.45. The first-order valence-corrected chi connectivity index (χ1v) is 11.0. The van der Waals surface area contributed by atoms with E-state index in [9.17, 15) is 17.6 Å². The average molecular weight is 405 g/mol. The van der Waals surface area contributed by atoms with Crippen molar-refractivity contribution in [3.05, 3.63) is 59.4 Å². The second-order valence-corrected chi connectivity index (χ2v) is 9.08. The van der Waals surface area contributed by atoms with Gasteiger partial charge in [0.1, 0.15) is 5.82 Å². The van der Waals surface area contributed by atoms with Gasteiger partial charge in [-0.05, 0) is 61.6 Å². The summed E-state index contributed by atoms with van der Waals surface area (Å²) >= 11 is 0. The molecule has 1 heterocycles. The number of piperidine rings is 1. The Morgan fingerprint density at radius 1 is 1.07 bits per heavy atom. The van der Waals surface area contributed by atoms with Crippen LogP contribution < -0.4 is 5.32 Å². The molecule has 2 aromatic carbocycles. The third kappa shape index (κ3) is 4.97. The quantitative estimate of drug-likeness (QED) is 0.795. The molecule has 0 aliphatic carbocycles. The number of hydrogen-bond donors (Lipinski definition) is 1. The van der Waals surface area contributed by atoms with E-state index in [2.05, 4.69) is 5.32 Å². The summed E-state index contributed by atoms with van der Waals surface area (Å²) in [4.78, 5) is 12.4. The molecule has 7 heteroatoms. The highest BCUT2D eigenvalue weighted by Crippen LogP contribution is 2.21. The van der Waals surface area contributed by atoms with Crippen LogP contribution in [0.2, 0.25) is 0 Å². The zero-order valence-corrected chi connectivity index (χ0v) is 16.8. The van der Waals surface area contributed by atoms with E-state index in [1.165, 1.54) is 10.4 Å². The standard InChI is InChI=1S/C21H25FN2O3S/c1-16-5-11-20(19(22)15-16)23-21(25)12-8-17-6-9-18(10-7-17)28(26,27)24-13-3-2-4-14-24/h5-7,9-11,15H,2-4,8,12-14H2,1H3,(H,23,25). The molecule has 0 spiro atoms. The summed E-state index contributed by atoms with van der Waals surface area (Å²) in [6.07, 6.45) is 3.50. The topological polar surface area (TPSA) is 66.5 Å². The van der Waals surface area contributed by atoms with Crippen molar-refractivity contribution >= 4 is 21.6 Å². The highest BCUT2D eigenvalue weighted by Gasteiger charge is 2.25. The molecular weight excluding hydrogens is 379 g/mol. The molecule has 0 aromatic heterocycles. The van der Waals surface area contributed by atoms with Crippen LogP contribution in [-0.4, -0.2) is 31.7 Å². The Balaban J connectivity index is 1.57. The van der Waals surface area contributed by atoms with E-state index >= 15 is 0 Å². The van der Waals surface area contributed by atoms with E-state index < -0.39 is 15.8 Å². The number of carbonyl (C=O) groups is 1. The zero-order valence-electron chi connectivity index (χ0n) is 15.9. The maximum atomic E-state index is 13.8. The summed E-state index contributed by atoms with van der Waals surface area (Å²) in [5.41, 5.74) is 1.81. The summed E-state index contributed by atoms with van der Waals surface area (Å²) in [5.74, 6) is -0.742. The molecule has 1 amide bonds. The SMILES string of the molecule is Cc1ccc(NC(=O)CCc2ccc(S(=O)(=O)N3CCCCC3)cc2)c(F)c1. The number of hydrogen-bond acceptors (Lipinski definition) is 3. The molecule has 1 aliphatic rings. The molecule has 1 aliphatic heterocycles. The van der Waals surface area contributed by atoms with Gasteiger partial charge in [0, 0.05) is 19.5 Å². The predicted octanol–water partition coefficient (Wildman–Crippen LogP) is 3.88. The third-order valence-electron chi connectivity index (χ3n) is 4.92. The normalized spacial score (nSPS) is 15.4. The summed E-state index contributed by atoms with van der Waals surface area (Å²) < 4.78 is 40.6. The number of amides is 1. The van der Waals surface area contributed by atoms with Crippen LogP contribution in [0.3, 0.4) is 0 Å². The van der Waals surface area contributed by atoms with Gasteiger partial charge in [0.15, 0.2) is 0 Å². The van der Waals surface area contributed by atoms with Crippen LogP contribution in [0.5, 0.6) is 0 Å². The molecule has 3 rings (SSSR count). The monoisotopic (exact) mass is 404 g/mol. The number of carbonyl (C=O) groups excluding carboxylic acids is 1. The van der Waals surface area contributed by atoms with Crippen molar-refractivity contribution in [1.29, 1.82) is 0 Å². The van der Waals surface area contributed by atoms with Crippen molar-refractivity contribution in [3.8, 4) is 0 Å². The van der Waals surface area contributed by atoms with E-state index in [0.717, 1.165) is 30.4 Å². The Kier molecular flexibility index (Phi) is 6.46. The number of anilines is 1. The van der Waals surface area contributed by atoms with Crippen molar-refractivity contribution in [1.82, 2.24) is 4.31 Å². The number of nitrogens with zero attached hydrogens (tertiary/aromatic N) is 1. The van der Waals surface area contributed by atoms with Gasteiger partial charge in [0.25, 0.3) is 0 Å². The van der Waals surface area contributed by atoms with Crippen molar-refractivity contribution in [2.45, 2.75) is 43.9 Å². The smallest absolute Gasteiger partial charge is 0.243 e. The van der Waals surface area contributed by atoms with Crippen molar-refractivity contribution in [2.24, 2.45) is 0 Å². The number of halogens is 1. The maximum absolute atomic E-state index is 13.8. The van der Waals surface area contributed by atoms with E-state index in [4.69, 9.17) is 0 Å². The fraction of sp³-hybridized carbons (Fsp3) is 0.381. The fourth-order valence-corrected chi connectivity index (χ4v) is 4.79. The molecule has 0 atom stereocenters. The first-order chi connectivity index (χ1) is 13.4. The molecule has 0 bridgehead atoms. The lowest BCUT2D eigenvalue weighted by Gasteiger charge is -2.25. The number of rotatable bonds is 6. The van der Waals surface area contributed by atoms with Gasteiger partial charge in [-0.2, -0.15) is 4.31 Å². The minimum Gasteiger partial charge on any atom is -0.324 e. The summed E-state index contributed by atoms with van der Waals surface area (Å²) in [6.45, 7) is 2.92. The van der Waals surface area contributed by atoms with Crippen LogP contribution in [-0.2, 0) is 21.2 Å². The van der Waals surface area contributed by atoms with Crippen LogP contribution >= 0.6 is 0 Å². The third-order valence-corrected chi connectivity index (χ3v) is 6.83. The lowest BCUT2D eigenvalue weighted by molar-refractivity contribution is -0.116. The van der Waals surface area contributed by atoms with Crippen LogP contribution in [0.15, 0.2) is 47.4 Å². The number of benzene rings is 2. The van der Waals surface area contributed by atoms with Crippen LogP contribution in [0.4, 0.5) is 10.1 Å². The summed E-state index contributed by atoms with van der Waals surface area (Å²) in [6, 6.07) is 11.3. The van der Waals surface area contributed by atoms with Crippen molar-refractivity contribution in [3.63, 3.8) is 0 Å². The first kappa shape index (κ1) is 20.5. The van der Waals surface area contributed by atoms with Crippen LogP contribution in [0.25, 0.3) is 0 Å². The molecule has 0 unspecified atom stereocenters. The molecule has 5 nitrogen and oxygen atoms in total. The van der Waals surface area contributed by atoms with Gasteiger partial charge in [-0.25, -0.2) is 12.8 Å². The van der Waals surface area contributed by atoms with Gasteiger partial charge in [0.05, 0.1) is 10.6 Å². The van der Waals surface area contributed by atoms with E-state index in [1.807, 2.05) is 0 Å². The van der Waals surface area contributed by atoms with Crippen LogP contribution in [0, 0.1) is 12.7 Å². The van der Waals surface area contributed by atoms with Gasteiger partial charge in [0.2, 0.25) is 15.9 Å². The van der Waals surface area contributed by atoms with E-state index in [1.54, 1.807) is 43.3 Å². The number of nitrogens with one attached hydrogen (secondary N) is 1. The van der Waals surface area contributed by atoms with Gasteiger partial charge < -0.3 is 5.32 Å². The first-order valence-electron chi connectivity index (χ1n) is 9.51. The molecule has 28 heavy (non-hydrogen) atoms. The predicted molar refractivity (Wildman–Crippen MR) is 107 cm³/mol. The maximum Gasteiger partial charge on any atom is 0.243 e. The zero-order chi connectivity index (χ0) is 20.1. The summed E-state index contributed by atoms with van der Waals surface area (Å²) in [5, 5.41) is 2.57. The largest absolute Gasteiger partial charge is 0.324 e. The molecule has 1 fully saturated rings. The Hall–Kier alpha value is -2.25. The molecule has 0 radical (unpaired) electrons. The van der Waals surface area contributed by atoms with Crippen molar-refractivity contribution < 1.29 is 17.6 Å². The Morgan fingerprint density at radius 2 is 1.75 bits per heavy atom. The molecule has 1 N–H and O–H groups in total. The fourth-order valence-electron chi connectivity index (χ4n) is 3.27. The lowest BCUT2D eigenvalue weighted by Crippen LogP contribution is -2.35. The molecule has 2 aromatic rings. The number of aryl methyl sites for hydroxylation is 2. The highest BCUT2D eigenvalue weighted by atomic mass is 32.2. The van der Waals surface area contributed by atoms with Gasteiger partial charge >= 0.3 is 0 Å². The van der Waals surface area contributed by atoms with Gasteiger partial charge in [-0.1, -0.05) is 24.6 Å². The second-order valence-electron chi connectivity index (χ2n) is 7.14.